The summed E-state index contributed by atoms with van der Waals surface area (Å²) >= 11 is 0. The lowest BCUT2D eigenvalue weighted by Crippen LogP contribution is -2.24. The van der Waals surface area contributed by atoms with Crippen molar-refractivity contribution in [3.05, 3.63) is 47.4 Å². The van der Waals surface area contributed by atoms with Crippen LogP contribution in [0.5, 0.6) is 0 Å². The number of H-pyrrole nitrogens is 1. The predicted molar refractivity (Wildman–Crippen MR) is 80.6 cm³/mol. The zero-order valence-electron chi connectivity index (χ0n) is 11.8. The molecule has 1 aliphatic heterocycles. The monoisotopic (exact) mass is 280 g/mol. The lowest BCUT2D eigenvalue weighted by molar-refractivity contribution is 0.0926. The van der Waals surface area contributed by atoms with Crippen LogP contribution in [0.3, 0.4) is 0 Å². The first-order chi connectivity index (χ1) is 10.2. The van der Waals surface area contributed by atoms with E-state index in [9.17, 15) is 0 Å². The number of ether oxygens (including phenoxy) is 1. The molecule has 0 saturated heterocycles. The maximum Gasteiger partial charge on any atom is 0.0924 e. The Morgan fingerprint density at radius 1 is 1.33 bits per heavy atom. The highest BCUT2D eigenvalue weighted by atomic mass is 16.5. The van der Waals surface area contributed by atoms with Gasteiger partial charge in [0.2, 0.25) is 0 Å². The number of aromatic nitrogens is 3. The summed E-state index contributed by atoms with van der Waals surface area (Å²) in [5, 5.41) is 8.41. The molecule has 0 spiro atoms. The van der Waals surface area contributed by atoms with Crippen LogP contribution in [0, 0.1) is 6.92 Å². The van der Waals surface area contributed by atoms with Gasteiger partial charge in [0.1, 0.15) is 0 Å². The smallest absolute Gasteiger partial charge is 0.0924 e. The molecule has 0 amide bonds. The fraction of sp³-hybridized carbons (Fsp3) is 0.250. The lowest BCUT2D eigenvalue weighted by atomic mass is 9.93. The van der Waals surface area contributed by atoms with Crippen LogP contribution < -0.4 is 5.73 Å². The summed E-state index contributed by atoms with van der Waals surface area (Å²) in [5.41, 5.74) is 12.6. The van der Waals surface area contributed by atoms with E-state index < -0.39 is 0 Å². The molecule has 2 aromatic heterocycles. The fourth-order valence-corrected chi connectivity index (χ4v) is 2.92. The van der Waals surface area contributed by atoms with Crippen molar-refractivity contribution in [2.24, 2.45) is 5.73 Å². The van der Waals surface area contributed by atoms with Crippen molar-refractivity contribution in [2.45, 2.75) is 19.6 Å². The molecule has 106 valence electrons. The fourth-order valence-electron chi connectivity index (χ4n) is 2.92. The molecule has 4 rings (SSSR count). The van der Waals surface area contributed by atoms with E-state index in [2.05, 4.69) is 27.3 Å². The Hall–Kier alpha value is -2.24. The Bertz CT molecular complexity index is 824. The van der Waals surface area contributed by atoms with E-state index in [0.717, 1.165) is 38.9 Å². The van der Waals surface area contributed by atoms with E-state index in [1.54, 1.807) is 0 Å². The van der Waals surface area contributed by atoms with E-state index in [1.165, 1.54) is 0 Å². The zero-order valence-corrected chi connectivity index (χ0v) is 11.8. The zero-order chi connectivity index (χ0) is 14.4. The van der Waals surface area contributed by atoms with Crippen molar-refractivity contribution in [3.63, 3.8) is 0 Å². The third-order valence-electron chi connectivity index (χ3n) is 4.09. The molecule has 3 heterocycles. The molecule has 5 heteroatoms. The summed E-state index contributed by atoms with van der Waals surface area (Å²) in [4.78, 5) is 4.36. The van der Waals surface area contributed by atoms with Gasteiger partial charge in [0.15, 0.2) is 0 Å². The minimum absolute atomic E-state index is 0.0967. The van der Waals surface area contributed by atoms with Gasteiger partial charge < -0.3 is 10.5 Å². The maximum atomic E-state index is 6.11. The van der Waals surface area contributed by atoms with Gasteiger partial charge in [-0.2, -0.15) is 5.10 Å². The van der Waals surface area contributed by atoms with Crippen molar-refractivity contribution >= 4 is 10.9 Å². The van der Waals surface area contributed by atoms with E-state index in [-0.39, 0.29) is 6.04 Å². The highest BCUT2D eigenvalue weighted by Gasteiger charge is 2.21. The summed E-state index contributed by atoms with van der Waals surface area (Å²) in [6.07, 6.45) is 3.74. The lowest BCUT2D eigenvalue weighted by Gasteiger charge is -2.24. The second kappa shape index (κ2) is 4.65. The minimum atomic E-state index is -0.0967. The molecular weight excluding hydrogens is 264 g/mol. The number of benzene rings is 1. The van der Waals surface area contributed by atoms with Gasteiger partial charge in [0, 0.05) is 29.0 Å². The van der Waals surface area contributed by atoms with E-state index >= 15 is 0 Å². The van der Waals surface area contributed by atoms with Gasteiger partial charge in [0.25, 0.3) is 0 Å². The van der Waals surface area contributed by atoms with Crippen LogP contribution in [0.2, 0.25) is 0 Å². The summed E-state index contributed by atoms with van der Waals surface area (Å²) in [6, 6.07) is 6.14. The van der Waals surface area contributed by atoms with Crippen LogP contribution in [0.15, 0.2) is 30.6 Å². The largest absolute Gasteiger partial charge is 0.375 e. The second-order valence-corrected chi connectivity index (χ2v) is 5.46. The molecule has 3 aromatic rings. The van der Waals surface area contributed by atoms with Gasteiger partial charge >= 0.3 is 0 Å². The van der Waals surface area contributed by atoms with Gasteiger partial charge in [0.05, 0.1) is 24.8 Å². The Balaban J connectivity index is 1.92. The van der Waals surface area contributed by atoms with Gasteiger partial charge in [-0.15, -0.1) is 0 Å². The normalized spacial score (nSPS) is 17.9. The first kappa shape index (κ1) is 12.5. The number of hydrogen-bond acceptors (Lipinski definition) is 4. The Kier molecular flexibility index (Phi) is 2.77. The van der Waals surface area contributed by atoms with Crippen LogP contribution in [-0.4, -0.2) is 21.8 Å². The molecule has 1 atom stereocenters. The van der Waals surface area contributed by atoms with Gasteiger partial charge in [-0.05, 0) is 35.7 Å². The predicted octanol–water partition coefficient (Wildman–Crippen LogP) is 2.46. The number of pyridine rings is 1. The average Bonchev–Trinajstić information content (AvgIpc) is 2.88. The third-order valence-corrected chi connectivity index (χ3v) is 4.09. The standard InChI is InChI=1S/C16H16N4O/c1-9-11-4-10(2-3-16(11)20-19-9)12-5-18-6-13-14(12)7-21-8-15(13)17/h2-6,15H,7-8,17H2,1H3,(H,19,20). The highest BCUT2D eigenvalue weighted by Crippen LogP contribution is 2.33. The minimum Gasteiger partial charge on any atom is -0.375 e. The van der Waals surface area contributed by atoms with Gasteiger partial charge in [-0.1, -0.05) is 6.07 Å². The molecule has 1 unspecified atom stereocenters. The summed E-state index contributed by atoms with van der Waals surface area (Å²) in [5.74, 6) is 0. The topological polar surface area (TPSA) is 76.8 Å². The molecule has 5 nitrogen and oxygen atoms in total. The van der Waals surface area contributed by atoms with Gasteiger partial charge in [-0.25, -0.2) is 0 Å². The number of nitrogens with two attached hydrogens (primary N) is 1. The first-order valence-corrected chi connectivity index (χ1v) is 6.99. The molecule has 0 radical (unpaired) electrons. The molecule has 3 N–H and O–H groups in total. The Morgan fingerprint density at radius 2 is 2.24 bits per heavy atom. The van der Waals surface area contributed by atoms with Crippen LogP contribution in [0.1, 0.15) is 22.9 Å². The second-order valence-electron chi connectivity index (χ2n) is 5.46. The molecular formula is C16H16N4O. The first-order valence-electron chi connectivity index (χ1n) is 6.99. The molecule has 0 fully saturated rings. The maximum absolute atomic E-state index is 6.11. The number of fused-ring (bicyclic) bond motifs is 2. The number of aromatic amines is 1. The number of rotatable bonds is 1. The van der Waals surface area contributed by atoms with E-state index in [4.69, 9.17) is 10.5 Å². The van der Waals surface area contributed by atoms with E-state index in [0.29, 0.717) is 13.2 Å². The Labute approximate surface area is 122 Å². The summed E-state index contributed by atoms with van der Waals surface area (Å²) < 4.78 is 5.60. The highest BCUT2D eigenvalue weighted by molar-refractivity contribution is 5.87. The molecule has 1 aromatic carbocycles. The molecule has 21 heavy (non-hydrogen) atoms. The van der Waals surface area contributed by atoms with Crippen LogP contribution >= 0.6 is 0 Å². The van der Waals surface area contributed by atoms with Crippen molar-refractivity contribution in [2.75, 3.05) is 6.61 Å². The Morgan fingerprint density at radius 3 is 3.14 bits per heavy atom. The average molecular weight is 280 g/mol. The molecule has 0 saturated carbocycles. The quantitative estimate of drug-likeness (QED) is 0.718. The third kappa shape index (κ3) is 1.93. The van der Waals surface area contributed by atoms with Crippen LogP contribution in [0.4, 0.5) is 0 Å². The van der Waals surface area contributed by atoms with Crippen molar-refractivity contribution in [1.82, 2.24) is 15.2 Å². The molecule has 0 aliphatic carbocycles. The summed E-state index contributed by atoms with van der Waals surface area (Å²) in [6.45, 7) is 3.16. The van der Waals surface area contributed by atoms with Crippen molar-refractivity contribution in [1.29, 1.82) is 0 Å². The SMILES string of the molecule is Cc1[nH]nc2ccc(-c3cncc4c3COCC4N)cc12. The number of nitrogens with one attached hydrogen (secondary N) is 1. The summed E-state index contributed by atoms with van der Waals surface area (Å²) in [7, 11) is 0. The van der Waals surface area contributed by atoms with Crippen LogP contribution in [-0.2, 0) is 11.3 Å². The number of aryl methyl sites for hydroxylation is 1. The van der Waals surface area contributed by atoms with Crippen molar-refractivity contribution in [3.8, 4) is 11.1 Å². The number of nitrogens with zero attached hydrogens (tertiary/aromatic N) is 2. The van der Waals surface area contributed by atoms with Gasteiger partial charge in [-0.3, -0.25) is 10.1 Å². The molecule has 0 bridgehead atoms. The number of hydrogen-bond donors (Lipinski definition) is 2. The van der Waals surface area contributed by atoms with Crippen LogP contribution in [0.25, 0.3) is 22.0 Å². The molecule has 1 aliphatic rings. The van der Waals surface area contributed by atoms with E-state index in [1.807, 2.05) is 25.4 Å². The van der Waals surface area contributed by atoms with Crippen molar-refractivity contribution < 1.29 is 4.74 Å².